The molecule has 0 aromatic rings. The summed E-state index contributed by atoms with van der Waals surface area (Å²) in [7, 11) is 0. The van der Waals surface area contributed by atoms with E-state index in [-0.39, 0.29) is 17.9 Å². The Kier molecular flexibility index (Phi) is 5.55. The van der Waals surface area contributed by atoms with Crippen molar-refractivity contribution in [2.24, 2.45) is 5.92 Å². The van der Waals surface area contributed by atoms with Gasteiger partial charge in [0.25, 0.3) is 0 Å². The lowest BCUT2D eigenvalue weighted by molar-refractivity contribution is -0.130. The van der Waals surface area contributed by atoms with E-state index in [9.17, 15) is 9.59 Å². The minimum Gasteiger partial charge on any atom is -0.352 e. The van der Waals surface area contributed by atoms with Crippen molar-refractivity contribution in [3.63, 3.8) is 0 Å². The number of carbonyl (C=O) groups excluding carboxylic acids is 2. The number of rotatable bonds is 4. The maximum Gasteiger partial charge on any atom is 0.243 e. The summed E-state index contributed by atoms with van der Waals surface area (Å²) < 4.78 is 0. The molecule has 0 aromatic heterocycles. The summed E-state index contributed by atoms with van der Waals surface area (Å²) >= 11 is 1.95. The van der Waals surface area contributed by atoms with Crippen LogP contribution >= 0.6 is 11.8 Å². The largest absolute Gasteiger partial charge is 0.352 e. The Bertz CT molecular complexity index is 323. The Labute approximate surface area is 119 Å². The van der Waals surface area contributed by atoms with E-state index in [1.54, 1.807) is 0 Å². The molecule has 0 radical (unpaired) electrons. The fourth-order valence-electron chi connectivity index (χ4n) is 3.04. The molecule has 1 saturated carbocycles. The van der Waals surface area contributed by atoms with E-state index in [0.29, 0.717) is 12.0 Å². The molecule has 2 fully saturated rings. The maximum atomic E-state index is 12.4. The fraction of sp³-hybridized carbons (Fsp3) is 0.857. The van der Waals surface area contributed by atoms with E-state index in [1.807, 2.05) is 11.8 Å². The summed E-state index contributed by atoms with van der Waals surface area (Å²) in [6, 6.07) is -0.0269. The van der Waals surface area contributed by atoms with Gasteiger partial charge in [0.2, 0.25) is 11.8 Å². The Balaban J connectivity index is 1.91. The molecule has 0 unspecified atom stereocenters. The van der Waals surface area contributed by atoms with Gasteiger partial charge in [-0.1, -0.05) is 12.8 Å². The second-order valence-electron chi connectivity index (χ2n) is 5.62. The van der Waals surface area contributed by atoms with Gasteiger partial charge in [0.05, 0.1) is 0 Å². The third-order valence-corrected chi connectivity index (χ3v) is 5.13. The van der Waals surface area contributed by atoms with E-state index >= 15 is 0 Å². The normalized spacial score (nSPS) is 23.0. The molecule has 4 nitrogen and oxygen atoms in total. The summed E-state index contributed by atoms with van der Waals surface area (Å²) in [6.45, 7) is 1.49. The predicted molar refractivity (Wildman–Crippen MR) is 78.1 cm³/mol. The highest BCUT2D eigenvalue weighted by atomic mass is 32.2. The molecule has 5 heteroatoms. The molecule has 108 valence electrons. The Morgan fingerprint density at radius 3 is 2.32 bits per heavy atom. The van der Waals surface area contributed by atoms with Gasteiger partial charge < -0.3 is 10.6 Å². The first-order valence-electron chi connectivity index (χ1n) is 7.32. The van der Waals surface area contributed by atoms with Crippen LogP contribution in [0.1, 0.15) is 45.4 Å². The number of carbonyl (C=O) groups is 2. The van der Waals surface area contributed by atoms with Crippen molar-refractivity contribution in [3.05, 3.63) is 0 Å². The fourth-order valence-corrected chi connectivity index (χ4v) is 4.15. The molecule has 19 heavy (non-hydrogen) atoms. The molecule has 2 rings (SSSR count). The van der Waals surface area contributed by atoms with Crippen molar-refractivity contribution in [2.75, 3.05) is 11.5 Å². The van der Waals surface area contributed by atoms with Crippen LogP contribution in [0.25, 0.3) is 0 Å². The number of amides is 2. The molecule has 2 N–H and O–H groups in total. The molecule has 1 aliphatic carbocycles. The minimum absolute atomic E-state index is 0.0269. The summed E-state index contributed by atoms with van der Waals surface area (Å²) in [4.78, 5) is 23.7. The van der Waals surface area contributed by atoms with Crippen molar-refractivity contribution in [3.8, 4) is 0 Å². The molecule has 1 saturated heterocycles. The van der Waals surface area contributed by atoms with Gasteiger partial charge >= 0.3 is 0 Å². The molecule has 0 spiro atoms. The standard InChI is InChI=1S/C14H24N2O2S/c1-10(17)15-13(11-4-2-3-5-11)14(18)16-12-6-8-19-9-7-12/h11-13H,2-9H2,1H3,(H,15,17)(H,16,18)/t13-/m0/s1. The lowest BCUT2D eigenvalue weighted by atomic mass is 9.96. The van der Waals surface area contributed by atoms with Crippen LogP contribution in [0, 0.1) is 5.92 Å². The first-order chi connectivity index (χ1) is 9.16. The quantitative estimate of drug-likeness (QED) is 0.826. The third kappa shape index (κ3) is 4.41. The molecule has 2 amide bonds. The van der Waals surface area contributed by atoms with Crippen LogP contribution in [-0.4, -0.2) is 35.4 Å². The van der Waals surface area contributed by atoms with Crippen molar-refractivity contribution in [1.29, 1.82) is 0 Å². The molecule has 1 heterocycles. The van der Waals surface area contributed by atoms with E-state index in [4.69, 9.17) is 0 Å². The van der Waals surface area contributed by atoms with Crippen LogP contribution in [0.15, 0.2) is 0 Å². The average Bonchev–Trinajstić information content (AvgIpc) is 2.90. The molecule has 0 bridgehead atoms. The number of thioether (sulfide) groups is 1. The van der Waals surface area contributed by atoms with Gasteiger partial charge in [-0.3, -0.25) is 9.59 Å². The van der Waals surface area contributed by atoms with Gasteiger partial charge in [-0.2, -0.15) is 11.8 Å². The highest BCUT2D eigenvalue weighted by Gasteiger charge is 2.32. The minimum atomic E-state index is -0.324. The zero-order valence-corrected chi connectivity index (χ0v) is 12.4. The van der Waals surface area contributed by atoms with E-state index in [0.717, 1.165) is 37.2 Å². The van der Waals surface area contributed by atoms with Gasteiger partial charge in [-0.25, -0.2) is 0 Å². The monoisotopic (exact) mass is 284 g/mol. The molecule has 1 atom stereocenters. The zero-order chi connectivity index (χ0) is 13.7. The molecular formula is C14H24N2O2S. The average molecular weight is 284 g/mol. The topological polar surface area (TPSA) is 58.2 Å². The van der Waals surface area contributed by atoms with Crippen LogP contribution in [0.2, 0.25) is 0 Å². The van der Waals surface area contributed by atoms with Crippen LogP contribution in [0.3, 0.4) is 0 Å². The first kappa shape index (κ1) is 14.7. The van der Waals surface area contributed by atoms with Crippen LogP contribution in [-0.2, 0) is 9.59 Å². The highest BCUT2D eigenvalue weighted by Crippen LogP contribution is 2.28. The van der Waals surface area contributed by atoms with Crippen molar-refractivity contribution < 1.29 is 9.59 Å². The van der Waals surface area contributed by atoms with Crippen LogP contribution in [0.5, 0.6) is 0 Å². The van der Waals surface area contributed by atoms with E-state index in [2.05, 4.69) is 10.6 Å². The number of hydrogen-bond donors (Lipinski definition) is 2. The van der Waals surface area contributed by atoms with Gasteiger partial charge in [0.15, 0.2) is 0 Å². The first-order valence-corrected chi connectivity index (χ1v) is 8.47. The van der Waals surface area contributed by atoms with Crippen LogP contribution < -0.4 is 10.6 Å². The molecule has 0 aromatic carbocycles. The van der Waals surface area contributed by atoms with Gasteiger partial charge in [0.1, 0.15) is 6.04 Å². The summed E-state index contributed by atoms with van der Waals surface area (Å²) in [5.41, 5.74) is 0. The van der Waals surface area contributed by atoms with Gasteiger partial charge in [-0.05, 0) is 43.1 Å². The van der Waals surface area contributed by atoms with Crippen molar-refractivity contribution >= 4 is 23.6 Å². The van der Waals surface area contributed by atoms with E-state index < -0.39 is 0 Å². The van der Waals surface area contributed by atoms with Crippen LogP contribution in [0.4, 0.5) is 0 Å². The lowest BCUT2D eigenvalue weighted by Gasteiger charge is -2.28. The number of nitrogens with one attached hydrogen (secondary N) is 2. The number of hydrogen-bond acceptors (Lipinski definition) is 3. The Morgan fingerprint density at radius 2 is 1.74 bits per heavy atom. The van der Waals surface area contributed by atoms with Crippen molar-refractivity contribution in [1.82, 2.24) is 10.6 Å². The van der Waals surface area contributed by atoms with Gasteiger partial charge in [-0.15, -0.1) is 0 Å². The van der Waals surface area contributed by atoms with E-state index in [1.165, 1.54) is 19.8 Å². The SMILES string of the molecule is CC(=O)N[C@H](C(=O)NC1CCSCC1)C1CCCC1. The Hall–Kier alpha value is -0.710. The molecular weight excluding hydrogens is 260 g/mol. The summed E-state index contributed by atoms with van der Waals surface area (Å²) in [5, 5.41) is 5.99. The molecule has 1 aliphatic heterocycles. The second-order valence-corrected chi connectivity index (χ2v) is 6.84. The summed E-state index contributed by atoms with van der Waals surface area (Å²) in [6.07, 6.45) is 6.56. The lowest BCUT2D eigenvalue weighted by Crippen LogP contribution is -2.52. The zero-order valence-electron chi connectivity index (χ0n) is 11.6. The second kappa shape index (κ2) is 7.17. The maximum absolute atomic E-state index is 12.4. The third-order valence-electron chi connectivity index (χ3n) is 4.08. The Morgan fingerprint density at radius 1 is 1.11 bits per heavy atom. The highest BCUT2D eigenvalue weighted by molar-refractivity contribution is 7.99. The molecule has 2 aliphatic rings. The summed E-state index contributed by atoms with van der Waals surface area (Å²) in [5.74, 6) is 2.49. The van der Waals surface area contributed by atoms with Gasteiger partial charge in [0, 0.05) is 13.0 Å². The van der Waals surface area contributed by atoms with Crippen molar-refractivity contribution in [2.45, 2.75) is 57.5 Å². The smallest absolute Gasteiger partial charge is 0.243 e. The predicted octanol–water partition coefficient (Wildman–Crippen LogP) is 1.69.